The first-order chi connectivity index (χ1) is 19.5. The Kier molecular flexibility index (Phi) is 9.65. The minimum atomic E-state index is -4.12. The molecule has 0 unspecified atom stereocenters. The molecule has 4 rings (SSSR count). The molecule has 0 aliphatic carbocycles. The number of hydrazone groups is 1. The van der Waals surface area contributed by atoms with Crippen LogP contribution in [-0.2, 0) is 14.8 Å². The Morgan fingerprint density at radius 3 is 2.27 bits per heavy atom. The van der Waals surface area contributed by atoms with Crippen LogP contribution in [-0.4, -0.2) is 38.3 Å². The molecule has 1 heterocycles. The molecule has 0 radical (unpaired) electrons. The molecule has 0 saturated carbocycles. The summed E-state index contributed by atoms with van der Waals surface area (Å²) in [4.78, 5) is 12.9. The number of aryl methyl sites for hydroxylation is 1. The summed E-state index contributed by atoms with van der Waals surface area (Å²) in [6.07, 6.45) is 1.50. The van der Waals surface area contributed by atoms with E-state index in [1.54, 1.807) is 36.4 Å². The molecule has 0 fully saturated rings. The van der Waals surface area contributed by atoms with Crippen LogP contribution in [0.15, 0.2) is 82.8 Å². The molecule has 1 aromatic heterocycles. The number of benzene rings is 3. The van der Waals surface area contributed by atoms with Crippen LogP contribution in [0.5, 0.6) is 5.75 Å². The predicted molar refractivity (Wildman–Crippen MR) is 165 cm³/mol. The molecule has 3 aromatic carbocycles. The van der Waals surface area contributed by atoms with Crippen molar-refractivity contribution < 1.29 is 17.9 Å². The van der Waals surface area contributed by atoms with E-state index in [4.69, 9.17) is 39.5 Å². The first kappa shape index (κ1) is 30.5. The highest BCUT2D eigenvalue weighted by atomic mass is 35.5. The van der Waals surface area contributed by atoms with Gasteiger partial charge in [0.1, 0.15) is 12.3 Å². The number of carbonyl (C=O) groups is 1. The predicted octanol–water partition coefficient (Wildman–Crippen LogP) is 6.80. The number of amides is 1. The summed E-state index contributed by atoms with van der Waals surface area (Å²) in [5.74, 6) is -0.0612. The van der Waals surface area contributed by atoms with E-state index in [0.717, 1.165) is 26.9 Å². The molecular weight excluding hydrogens is 607 g/mol. The standard InChI is InChI=1S/C29H27Cl3N4O4S/c1-4-40-25-10-8-24(9-11-25)35(41(38,39)26-12-5-22(30)6-13-26)18-29(37)34-33-17-21-15-19(2)36(20(21)3)28-14-7-23(31)16-27(28)32/h5-17H,4,18H2,1-3H3,(H,34,37)/b33-17+. The van der Waals surface area contributed by atoms with Gasteiger partial charge < -0.3 is 9.30 Å². The summed E-state index contributed by atoms with van der Waals surface area (Å²) in [6.45, 7) is 5.61. The van der Waals surface area contributed by atoms with Crippen molar-refractivity contribution in [2.75, 3.05) is 17.5 Å². The van der Waals surface area contributed by atoms with Crippen molar-refractivity contribution in [2.45, 2.75) is 25.7 Å². The largest absolute Gasteiger partial charge is 0.494 e. The van der Waals surface area contributed by atoms with Crippen molar-refractivity contribution in [3.63, 3.8) is 0 Å². The van der Waals surface area contributed by atoms with Crippen LogP contribution in [0.3, 0.4) is 0 Å². The van der Waals surface area contributed by atoms with Gasteiger partial charge in [0.05, 0.1) is 34.1 Å². The second-order valence-electron chi connectivity index (χ2n) is 8.94. The number of nitrogens with one attached hydrogen (secondary N) is 1. The minimum absolute atomic E-state index is 0.0135. The molecule has 0 bridgehead atoms. The van der Waals surface area contributed by atoms with Gasteiger partial charge in [0, 0.05) is 27.0 Å². The molecule has 214 valence electrons. The van der Waals surface area contributed by atoms with E-state index in [9.17, 15) is 13.2 Å². The molecular formula is C29H27Cl3N4O4S. The molecule has 0 aliphatic heterocycles. The average Bonchev–Trinajstić information content (AvgIpc) is 3.20. The maximum absolute atomic E-state index is 13.6. The fourth-order valence-corrected chi connectivity index (χ4v) is 6.26. The number of anilines is 1. The lowest BCUT2D eigenvalue weighted by Gasteiger charge is -2.24. The van der Waals surface area contributed by atoms with E-state index in [-0.39, 0.29) is 10.6 Å². The van der Waals surface area contributed by atoms with E-state index < -0.39 is 22.5 Å². The number of ether oxygens (including phenoxy) is 1. The number of carbonyl (C=O) groups excluding carboxylic acids is 1. The number of hydrogen-bond donors (Lipinski definition) is 1. The van der Waals surface area contributed by atoms with Crippen LogP contribution in [0.1, 0.15) is 23.9 Å². The number of nitrogens with zero attached hydrogens (tertiary/aromatic N) is 3. The average molecular weight is 634 g/mol. The quantitative estimate of drug-likeness (QED) is 0.154. The maximum atomic E-state index is 13.6. The summed E-state index contributed by atoms with van der Waals surface area (Å²) in [5, 5.41) is 5.50. The Morgan fingerprint density at radius 1 is 0.976 bits per heavy atom. The number of hydrogen-bond acceptors (Lipinski definition) is 5. The molecule has 8 nitrogen and oxygen atoms in total. The third kappa shape index (κ3) is 7.05. The van der Waals surface area contributed by atoms with Gasteiger partial charge in [-0.05, 0) is 93.6 Å². The molecule has 0 saturated heterocycles. The van der Waals surface area contributed by atoms with Crippen molar-refractivity contribution in [3.8, 4) is 11.4 Å². The Labute approximate surface area is 254 Å². The normalized spacial score (nSPS) is 11.6. The first-order valence-corrected chi connectivity index (χ1v) is 15.1. The highest BCUT2D eigenvalue weighted by Crippen LogP contribution is 2.29. The lowest BCUT2D eigenvalue weighted by atomic mass is 10.2. The van der Waals surface area contributed by atoms with Gasteiger partial charge in [-0.15, -0.1) is 0 Å². The number of aromatic nitrogens is 1. The molecule has 1 amide bonds. The van der Waals surface area contributed by atoms with Gasteiger partial charge >= 0.3 is 0 Å². The van der Waals surface area contributed by atoms with Crippen molar-refractivity contribution in [1.82, 2.24) is 9.99 Å². The van der Waals surface area contributed by atoms with Crippen LogP contribution in [0.4, 0.5) is 5.69 Å². The first-order valence-electron chi connectivity index (χ1n) is 12.5. The van der Waals surface area contributed by atoms with E-state index in [2.05, 4.69) is 10.5 Å². The SMILES string of the molecule is CCOc1ccc(N(CC(=O)N/N=C/c2cc(C)n(-c3ccc(Cl)cc3Cl)c2C)S(=O)(=O)c2ccc(Cl)cc2)cc1. The zero-order valence-corrected chi connectivity index (χ0v) is 25.5. The zero-order chi connectivity index (χ0) is 29.7. The van der Waals surface area contributed by atoms with Gasteiger partial charge in [-0.3, -0.25) is 9.10 Å². The smallest absolute Gasteiger partial charge is 0.264 e. The van der Waals surface area contributed by atoms with E-state index in [1.807, 2.05) is 37.5 Å². The number of halogens is 3. The Balaban J connectivity index is 1.56. The minimum Gasteiger partial charge on any atom is -0.494 e. The monoisotopic (exact) mass is 632 g/mol. The fourth-order valence-electron chi connectivity index (χ4n) is 4.22. The molecule has 1 N–H and O–H groups in total. The highest BCUT2D eigenvalue weighted by molar-refractivity contribution is 7.92. The molecule has 0 spiro atoms. The van der Waals surface area contributed by atoms with Crippen molar-refractivity contribution in [2.24, 2.45) is 5.10 Å². The van der Waals surface area contributed by atoms with Gasteiger partial charge in [0.25, 0.3) is 15.9 Å². The number of rotatable bonds is 10. The summed E-state index contributed by atoms with van der Waals surface area (Å²) >= 11 is 18.4. The van der Waals surface area contributed by atoms with E-state index in [0.29, 0.717) is 27.4 Å². The fraction of sp³-hybridized carbons (Fsp3) is 0.172. The second-order valence-corrected chi connectivity index (χ2v) is 12.1. The van der Waals surface area contributed by atoms with Gasteiger partial charge in [0.2, 0.25) is 0 Å². The van der Waals surface area contributed by atoms with Crippen molar-refractivity contribution in [3.05, 3.63) is 105 Å². The number of sulfonamides is 1. The maximum Gasteiger partial charge on any atom is 0.264 e. The summed E-state index contributed by atoms with van der Waals surface area (Å²) < 4.78 is 35.6. The second kappa shape index (κ2) is 13.0. The Morgan fingerprint density at radius 2 is 1.63 bits per heavy atom. The Hall–Kier alpha value is -3.50. The summed E-state index contributed by atoms with van der Waals surface area (Å²) in [7, 11) is -4.12. The van der Waals surface area contributed by atoms with Crippen molar-refractivity contribution in [1.29, 1.82) is 0 Å². The zero-order valence-electron chi connectivity index (χ0n) is 22.4. The lowest BCUT2D eigenvalue weighted by Crippen LogP contribution is -2.39. The summed E-state index contributed by atoms with van der Waals surface area (Å²) in [5.41, 5.74) is 5.96. The van der Waals surface area contributed by atoms with E-state index >= 15 is 0 Å². The highest BCUT2D eigenvalue weighted by Gasteiger charge is 2.27. The van der Waals surface area contributed by atoms with Crippen LogP contribution in [0.25, 0.3) is 5.69 Å². The topological polar surface area (TPSA) is 93.0 Å². The van der Waals surface area contributed by atoms with Crippen LogP contribution in [0.2, 0.25) is 15.1 Å². The molecule has 12 heteroatoms. The third-order valence-electron chi connectivity index (χ3n) is 6.14. The lowest BCUT2D eigenvalue weighted by molar-refractivity contribution is -0.119. The molecule has 0 aliphatic rings. The Bertz CT molecular complexity index is 1690. The van der Waals surface area contributed by atoms with Crippen LogP contribution >= 0.6 is 34.8 Å². The van der Waals surface area contributed by atoms with Crippen LogP contribution in [0, 0.1) is 13.8 Å². The third-order valence-corrected chi connectivity index (χ3v) is 8.72. The van der Waals surface area contributed by atoms with E-state index in [1.165, 1.54) is 30.5 Å². The van der Waals surface area contributed by atoms with Gasteiger partial charge in [-0.1, -0.05) is 34.8 Å². The molecule has 0 atom stereocenters. The van der Waals surface area contributed by atoms with Crippen molar-refractivity contribution >= 4 is 62.6 Å². The summed E-state index contributed by atoms with van der Waals surface area (Å²) in [6, 6.07) is 19.3. The van der Waals surface area contributed by atoms with Gasteiger partial charge in [-0.25, -0.2) is 13.8 Å². The molecule has 4 aromatic rings. The van der Waals surface area contributed by atoms with Crippen LogP contribution < -0.4 is 14.5 Å². The van der Waals surface area contributed by atoms with Gasteiger partial charge in [-0.2, -0.15) is 5.10 Å². The van der Waals surface area contributed by atoms with Gasteiger partial charge in [0.15, 0.2) is 0 Å². The molecule has 41 heavy (non-hydrogen) atoms.